The summed E-state index contributed by atoms with van der Waals surface area (Å²) in [5.74, 6) is 1.81. The fourth-order valence-corrected chi connectivity index (χ4v) is 4.90. The molecule has 168 valence electrons. The Morgan fingerprint density at radius 2 is 2.10 bits per heavy atom. The van der Waals surface area contributed by atoms with Gasteiger partial charge in [-0.25, -0.2) is 4.98 Å². The fourth-order valence-electron chi connectivity index (χ4n) is 4.90. The van der Waals surface area contributed by atoms with Crippen LogP contribution in [-0.4, -0.2) is 38.7 Å². The van der Waals surface area contributed by atoms with Gasteiger partial charge < -0.3 is 20.9 Å². The first-order valence-electron chi connectivity index (χ1n) is 11.6. The predicted octanol–water partition coefficient (Wildman–Crippen LogP) is 4.05. The van der Waals surface area contributed by atoms with Crippen molar-refractivity contribution < 1.29 is 14.6 Å². The minimum atomic E-state index is -0.583. The van der Waals surface area contributed by atoms with E-state index in [0.29, 0.717) is 12.0 Å². The Labute approximate surface area is 180 Å². The van der Waals surface area contributed by atoms with E-state index in [1.54, 1.807) is 0 Å². The third-order valence-corrected chi connectivity index (χ3v) is 6.64. The number of amides is 1. The Hall–Kier alpha value is -1.89. The van der Waals surface area contributed by atoms with Crippen LogP contribution in [0.1, 0.15) is 95.3 Å². The summed E-state index contributed by atoms with van der Waals surface area (Å²) in [4.78, 5) is 19.5. The molecule has 4 rings (SSSR count). The summed E-state index contributed by atoms with van der Waals surface area (Å²) in [5.41, 5.74) is 5.22. The monoisotopic (exact) mass is 418 g/mol. The quantitative estimate of drug-likeness (QED) is 0.643. The molecule has 2 unspecified atom stereocenters. The molecule has 0 saturated heterocycles. The number of carbonyl (C=O) groups excluding carboxylic acids is 1. The van der Waals surface area contributed by atoms with E-state index in [9.17, 15) is 9.90 Å². The number of aromatic nitrogens is 2. The average molecular weight is 419 g/mol. The van der Waals surface area contributed by atoms with E-state index in [0.717, 1.165) is 43.9 Å². The van der Waals surface area contributed by atoms with E-state index < -0.39 is 5.91 Å². The zero-order valence-corrected chi connectivity index (χ0v) is 18.7. The van der Waals surface area contributed by atoms with Crippen LogP contribution < -0.4 is 15.8 Å². The molecule has 3 aliphatic rings. The first kappa shape index (κ1) is 22.8. The molecule has 7 heteroatoms. The summed E-state index contributed by atoms with van der Waals surface area (Å²) in [6.45, 7) is 5.99. The molecule has 0 spiro atoms. The normalized spacial score (nSPS) is 28.2. The Balaban J connectivity index is 0.000000184. The summed E-state index contributed by atoms with van der Waals surface area (Å²) in [6.07, 6.45) is 13.4. The van der Waals surface area contributed by atoms with Gasteiger partial charge in [0.25, 0.3) is 5.91 Å². The molecular formula is C23H38N4O3. The Bertz CT molecular complexity index is 722. The van der Waals surface area contributed by atoms with Crippen LogP contribution in [0.15, 0.2) is 6.20 Å². The molecule has 2 bridgehead atoms. The van der Waals surface area contributed by atoms with E-state index in [4.69, 9.17) is 10.5 Å². The van der Waals surface area contributed by atoms with Crippen LogP contribution in [0.2, 0.25) is 0 Å². The van der Waals surface area contributed by atoms with Gasteiger partial charge in [-0.05, 0) is 70.6 Å². The van der Waals surface area contributed by atoms with Crippen molar-refractivity contribution in [3.63, 3.8) is 0 Å². The molecule has 1 aromatic rings. The first-order valence-corrected chi connectivity index (χ1v) is 11.6. The van der Waals surface area contributed by atoms with Crippen molar-refractivity contribution in [1.82, 2.24) is 9.97 Å². The highest BCUT2D eigenvalue weighted by Gasteiger charge is 2.40. The second kappa shape index (κ2) is 9.94. The van der Waals surface area contributed by atoms with Crippen molar-refractivity contribution in [2.45, 2.75) is 103 Å². The van der Waals surface area contributed by atoms with E-state index >= 15 is 0 Å². The predicted molar refractivity (Wildman–Crippen MR) is 117 cm³/mol. The number of nitrogens with two attached hydrogens (primary N) is 1. The highest BCUT2D eigenvalue weighted by molar-refractivity contribution is 5.94. The number of hydrogen-bond acceptors (Lipinski definition) is 6. The molecular weight excluding hydrogens is 380 g/mol. The molecule has 3 aliphatic carbocycles. The van der Waals surface area contributed by atoms with E-state index in [-0.39, 0.29) is 23.1 Å². The smallest absolute Gasteiger partial charge is 0.255 e. The summed E-state index contributed by atoms with van der Waals surface area (Å²) in [7, 11) is 0. The van der Waals surface area contributed by atoms with E-state index in [2.05, 4.69) is 22.2 Å². The van der Waals surface area contributed by atoms with Gasteiger partial charge >= 0.3 is 0 Å². The number of ether oxygens (including phenoxy) is 1. The Morgan fingerprint density at radius 1 is 1.33 bits per heavy atom. The van der Waals surface area contributed by atoms with Crippen molar-refractivity contribution in [2.75, 3.05) is 5.32 Å². The van der Waals surface area contributed by atoms with Crippen molar-refractivity contribution in [2.24, 2.45) is 17.6 Å². The number of carbonyl (C=O) groups is 1. The average Bonchev–Trinajstić information content (AvgIpc) is 2.63. The number of primary amides is 1. The van der Waals surface area contributed by atoms with Gasteiger partial charge in [0, 0.05) is 12.2 Å². The van der Waals surface area contributed by atoms with Gasteiger partial charge in [-0.15, -0.1) is 0 Å². The van der Waals surface area contributed by atoms with Crippen molar-refractivity contribution >= 4 is 11.9 Å². The Morgan fingerprint density at radius 3 is 2.67 bits per heavy atom. The van der Waals surface area contributed by atoms with Gasteiger partial charge in [-0.2, -0.15) is 4.98 Å². The molecule has 7 nitrogen and oxygen atoms in total. The molecule has 0 aromatic carbocycles. The summed E-state index contributed by atoms with van der Waals surface area (Å²) < 4.78 is 5.49. The SMILES string of the molecule is CC(C)Oc1nc(NC2CCC2)ncc1C(N)=O.CCC1CC2CCC[C@](O)(C1)C2. The second-order valence-corrected chi connectivity index (χ2v) is 9.62. The van der Waals surface area contributed by atoms with Crippen molar-refractivity contribution in [1.29, 1.82) is 0 Å². The highest BCUT2D eigenvalue weighted by atomic mass is 16.5. The number of rotatable bonds is 6. The molecule has 1 heterocycles. The molecule has 4 N–H and O–H groups in total. The zero-order valence-electron chi connectivity index (χ0n) is 18.7. The van der Waals surface area contributed by atoms with Crippen LogP contribution in [0, 0.1) is 11.8 Å². The van der Waals surface area contributed by atoms with Gasteiger partial charge in [0.05, 0.1) is 11.7 Å². The summed E-state index contributed by atoms with van der Waals surface area (Å²) >= 11 is 0. The molecule has 0 aliphatic heterocycles. The minimum Gasteiger partial charge on any atom is -0.474 e. The summed E-state index contributed by atoms with van der Waals surface area (Å²) in [6, 6.07) is 0.427. The van der Waals surface area contributed by atoms with Crippen LogP contribution in [0.3, 0.4) is 0 Å². The first-order chi connectivity index (χ1) is 14.3. The van der Waals surface area contributed by atoms with Crippen LogP contribution >= 0.6 is 0 Å². The molecule has 3 saturated carbocycles. The van der Waals surface area contributed by atoms with Crippen molar-refractivity contribution in [3.8, 4) is 5.88 Å². The van der Waals surface area contributed by atoms with Gasteiger partial charge in [-0.3, -0.25) is 4.79 Å². The van der Waals surface area contributed by atoms with Gasteiger partial charge in [0.1, 0.15) is 5.56 Å². The number of nitrogens with one attached hydrogen (secondary N) is 1. The van der Waals surface area contributed by atoms with E-state index in [1.165, 1.54) is 38.3 Å². The fraction of sp³-hybridized carbons (Fsp3) is 0.783. The number of aliphatic hydroxyl groups is 1. The standard InChI is InChI=1S/C12H18N4O2.C11H20O/c1-7(2)18-11-9(10(13)17)6-14-12(16-11)15-8-4-3-5-8;1-2-9-6-10-4-3-5-11(12,7-9)8-10/h6-8H,3-5H2,1-2H3,(H2,13,17)(H,14,15,16);9-10,12H,2-8H2,1H3/t;9?,10?,11-/m.0/s1. The lowest BCUT2D eigenvalue weighted by Gasteiger charge is -2.45. The maximum atomic E-state index is 11.2. The molecule has 30 heavy (non-hydrogen) atoms. The zero-order chi connectivity index (χ0) is 21.7. The molecule has 1 aromatic heterocycles. The lowest BCUT2D eigenvalue weighted by molar-refractivity contribution is -0.0675. The maximum Gasteiger partial charge on any atom is 0.255 e. The maximum absolute atomic E-state index is 11.2. The highest BCUT2D eigenvalue weighted by Crippen LogP contribution is 2.45. The van der Waals surface area contributed by atoms with Gasteiger partial charge in [0.2, 0.25) is 11.8 Å². The number of anilines is 1. The lowest BCUT2D eigenvalue weighted by atomic mass is 9.65. The largest absolute Gasteiger partial charge is 0.474 e. The molecule has 3 atom stereocenters. The van der Waals surface area contributed by atoms with Crippen LogP contribution in [0.25, 0.3) is 0 Å². The van der Waals surface area contributed by atoms with Crippen LogP contribution in [-0.2, 0) is 0 Å². The van der Waals surface area contributed by atoms with Crippen LogP contribution in [0.5, 0.6) is 5.88 Å². The minimum absolute atomic E-state index is 0.0745. The number of hydrogen-bond donors (Lipinski definition) is 3. The van der Waals surface area contributed by atoms with E-state index in [1.807, 2.05) is 13.8 Å². The third-order valence-electron chi connectivity index (χ3n) is 6.64. The van der Waals surface area contributed by atoms with Gasteiger partial charge in [-0.1, -0.05) is 26.2 Å². The molecule has 0 radical (unpaired) electrons. The topological polar surface area (TPSA) is 110 Å². The molecule has 3 fully saturated rings. The molecule has 1 amide bonds. The number of nitrogens with zero attached hydrogens (tertiary/aromatic N) is 2. The Kier molecular flexibility index (Phi) is 7.55. The van der Waals surface area contributed by atoms with Gasteiger partial charge in [0.15, 0.2) is 0 Å². The number of fused-ring (bicyclic) bond motifs is 2. The summed E-state index contributed by atoms with van der Waals surface area (Å²) in [5, 5.41) is 13.4. The lowest BCUT2D eigenvalue weighted by Crippen LogP contribution is -2.42. The van der Waals surface area contributed by atoms with Crippen LogP contribution in [0.4, 0.5) is 5.95 Å². The third kappa shape index (κ3) is 6.06. The second-order valence-electron chi connectivity index (χ2n) is 9.62. The van der Waals surface area contributed by atoms with Crippen molar-refractivity contribution in [3.05, 3.63) is 11.8 Å².